The maximum atomic E-state index is 12.9. The van der Waals surface area contributed by atoms with Gasteiger partial charge in [0.2, 0.25) is 0 Å². The van der Waals surface area contributed by atoms with E-state index in [1.807, 2.05) is 68.6 Å². The molecule has 3 rings (SSSR count). The minimum absolute atomic E-state index is 0.0574. The number of fused-ring (bicyclic) bond motifs is 1. The van der Waals surface area contributed by atoms with Gasteiger partial charge in [0.05, 0.1) is 5.69 Å². The van der Waals surface area contributed by atoms with Crippen molar-refractivity contribution in [1.82, 2.24) is 9.88 Å². The Labute approximate surface area is 154 Å². The minimum atomic E-state index is -0.0574. The molecule has 0 N–H and O–H groups in total. The molecule has 0 aliphatic heterocycles. The highest BCUT2D eigenvalue weighted by molar-refractivity contribution is 7.80. The highest BCUT2D eigenvalue weighted by Crippen LogP contribution is 2.31. The Balaban J connectivity index is 2.20. The van der Waals surface area contributed by atoms with Crippen molar-refractivity contribution in [2.45, 2.75) is 31.2 Å². The van der Waals surface area contributed by atoms with Crippen LogP contribution in [0.15, 0.2) is 59.5 Å². The number of carbonyl (C=O) groups is 1. The molecule has 25 heavy (non-hydrogen) atoms. The molecule has 1 unspecified atom stereocenters. The van der Waals surface area contributed by atoms with Gasteiger partial charge in [0, 0.05) is 28.9 Å². The summed E-state index contributed by atoms with van der Waals surface area (Å²) in [6, 6.07) is 17.9. The van der Waals surface area contributed by atoms with Crippen molar-refractivity contribution in [3.63, 3.8) is 0 Å². The molecule has 0 aliphatic carbocycles. The molecule has 0 bridgehead atoms. The van der Waals surface area contributed by atoms with Crippen molar-refractivity contribution in [3.05, 3.63) is 60.3 Å². The van der Waals surface area contributed by atoms with Crippen LogP contribution in [0.2, 0.25) is 0 Å². The van der Waals surface area contributed by atoms with Gasteiger partial charge in [-0.25, -0.2) is 4.98 Å². The monoisotopic (exact) mass is 350 g/mol. The molecule has 1 heterocycles. The van der Waals surface area contributed by atoms with Gasteiger partial charge in [0.15, 0.2) is 0 Å². The molecule has 0 fully saturated rings. The number of nitrogens with zero attached hydrogens (tertiary/aromatic N) is 2. The standard InChI is InChI=1S/C21H22N2OS/c1-4-14(2)23(3)21(24)18-13-15-9-5-6-10-16(15)20(22-18)17-11-7-8-12-19(17)25/h5-14,25H,4H2,1-3H3. The highest BCUT2D eigenvalue weighted by Gasteiger charge is 2.20. The van der Waals surface area contributed by atoms with Crippen LogP contribution in [0.25, 0.3) is 22.0 Å². The first kappa shape index (κ1) is 17.5. The van der Waals surface area contributed by atoms with Gasteiger partial charge >= 0.3 is 0 Å². The second-order valence-corrected chi connectivity index (χ2v) is 6.75. The molecule has 0 radical (unpaired) electrons. The van der Waals surface area contributed by atoms with Crippen LogP contribution in [0.5, 0.6) is 0 Å². The zero-order chi connectivity index (χ0) is 18.0. The average Bonchev–Trinajstić information content (AvgIpc) is 2.65. The van der Waals surface area contributed by atoms with Crippen LogP contribution in [-0.4, -0.2) is 28.9 Å². The molecular formula is C21H22N2OS. The topological polar surface area (TPSA) is 33.2 Å². The SMILES string of the molecule is CCC(C)N(C)C(=O)c1cc2ccccc2c(-c2ccccc2S)n1. The largest absolute Gasteiger partial charge is 0.338 e. The summed E-state index contributed by atoms with van der Waals surface area (Å²) in [4.78, 5) is 20.2. The van der Waals surface area contributed by atoms with E-state index in [0.717, 1.165) is 33.3 Å². The van der Waals surface area contributed by atoms with Crippen LogP contribution in [0.4, 0.5) is 0 Å². The average molecular weight is 350 g/mol. The third-order valence-electron chi connectivity index (χ3n) is 4.69. The first-order valence-corrected chi connectivity index (χ1v) is 8.93. The Morgan fingerprint density at radius 2 is 1.84 bits per heavy atom. The molecule has 3 aromatic rings. The van der Waals surface area contributed by atoms with Crippen LogP contribution >= 0.6 is 12.6 Å². The number of rotatable bonds is 4. The molecule has 2 aromatic carbocycles. The molecule has 1 atom stereocenters. The number of amides is 1. The van der Waals surface area contributed by atoms with E-state index in [0.29, 0.717) is 5.69 Å². The number of aromatic nitrogens is 1. The van der Waals surface area contributed by atoms with Crippen molar-refractivity contribution in [1.29, 1.82) is 0 Å². The summed E-state index contributed by atoms with van der Waals surface area (Å²) in [5, 5.41) is 2.02. The quantitative estimate of drug-likeness (QED) is 0.667. The van der Waals surface area contributed by atoms with E-state index in [2.05, 4.69) is 19.6 Å². The number of benzene rings is 2. The van der Waals surface area contributed by atoms with Gasteiger partial charge in [0.1, 0.15) is 5.69 Å². The van der Waals surface area contributed by atoms with Gasteiger partial charge in [-0.15, -0.1) is 12.6 Å². The third-order valence-corrected chi connectivity index (χ3v) is 5.08. The van der Waals surface area contributed by atoms with Crippen molar-refractivity contribution >= 4 is 29.3 Å². The molecular weight excluding hydrogens is 328 g/mol. The Morgan fingerprint density at radius 3 is 2.56 bits per heavy atom. The van der Waals surface area contributed by atoms with E-state index in [1.54, 1.807) is 4.90 Å². The van der Waals surface area contributed by atoms with Crippen LogP contribution < -0.4 is 0 Å². The van der Waals surface area contributed by atoms with Crippen molar-refractivity contribution in [2.24, 2.45) is 0 Å². The lowest BCUT2D eigenvalue weighted by Crippen LogP contribution is -2.35. The van der Waals surface area contributed by atoms with Crippen LogP contribution in [0.1, 0.15) is 30.8 Å². The molecule has 128 valence electrons. The van der Waals surface area contributed by atoms with Crippen molar-refractivity contribution in [3.8, 4) is 11.3 Å². The lowest BCUT2D eigenvalue weighted by molar-refractivity contribution is 0.0735. The van der Waals surface area contributed by atoms with Gasteiger partial charge in [0.25, 0.3) is 5.91 Å². The van der Waals surface area contributed by atoms with Crippen LogP contribution in [-0.2, 0) is 0 Å². The van der Waals surface area contributed by atoms with Gasteiger partial charge in [-0.3, -0.25) is 4.79 Å². The molecule has 1 amide bonds. The Morgan fingerprint density at radius 1 is 1.16 bits per heavy atom. The second kappa shape index (κ2) is 7.28. The Bertz CT molecular complexity index is 923. The third kappa shape index (κ3) is 3.40. The van der Waals surface area contributed by atoms with Crippen LogP contribution in [0, 0.1) is 0 Å². The second-order valence-electron chi connectivity index (χ2n) is 6.27. The van der Waals surface area contributed by atoms with Gasteiger partial charge in [-0.05, 0) is 30.9 Å². The van der Waals surface area contributed by atoms with Crippen molar-refractivity contribution in [2.75, 3.05) is 7.05 Å². The molecule has 0 aliphatic rings. The van der Waals surface area contributed by atoms with E-state index < -0.39 is 0 Å². The summed E-state index contributed by atoms with van der Waals surface area (Å²) in [6.07, 6.45) is 0.905. The first-order chi connectivity index (χ1) is 12.0. The fraction of sp³-hybridized carbons (Fsp3) is 0.238. The molecule has 0 spiro atoms. The van der Waals surface area contributed by atoms with E-state index in [1.165, 1.54) is 0 Å². The molecule has 3 nitrogen and oxygen atoms in total. The summed E-state index contributed by atoms with van der Waals surface area (Å²) in [7, 11) is 1.83. The summed E-state index contributed by atoms with van der Waals surface area (Å²) >= 11 is 4.57. The number of hydrogen-bond acceptors (Lipinski definition) is 3. The van der Waals surface area contributed by atoms with Crippen LogP contribution in [0.3, 0.4) is 0 Å². The summed E-state index contributed by atoms with van der Waals surface area (Å²) in [5.74, 6) is -0.0574. The number of hydrogen-bond donors (Lipinski definition) is 1. The van der Waals surface area contributed by atoms with Gasteiger partial charge in [-0.2, -0.15) is 0 Å². The Hall–Kier alpha value is -2.33. The zero-order valence-corrected chi connectivity index (χ0v) is 15.6. The molecule has 0 saturated heterocycles. The lowest BCUT2D eigenvalue weighted by Gasteiger charge is -2.24. The van der Waals surface area contributed by atoms with Gasteiger partial charge in [-0.1, -0.05) is 49.4 Å². The maximum Gasteiger partial charge on any atom is 0.272 e. The lowest BCUT2D eigenvalue weighted by atomic mass is 10.0. The summed E-state index contributed by atoms with van der Waals surface area (Å²) in [5.41, 5.74) is 2.19. The Kier molecular flexibility index (Phi) is 5.09. The smallest absolute Gasteiger partial charge is 0.272 e. The molecule has 1 aromatic heterocycles. The first-order valence-electron chi connectivity index (χ1n) is 8.48. The van der Waals surface area contributed by atoms with E-state index in [-0.39, 0.29) is 11.9 Å². The predicted octanol–water partition coefficient (Wildman–Crippen LogP) is 5.06. The molecule has 4 heteroatoms. The van der Waals surface area contributed by atoms with E-state index in [4.69, 9.17) is 4.98 Å². The highest BCUT2D eigenvalue weighted by atomic mass is 32.1. The predicted molar refractivity (Wildman–Crippen MR) is 106 cm³/mol. The molecule has 0 saturated carbocycles. The summed E-state index contributed by atoms with van der Waals surface area (Å²) < 4.78 is 0. The van der Waals surface area contributed by atoms with E-state index >= 15 is 0 Å². The normalized spacial score (nSPS) is 12.2. The van der Waals surface area contributed by atoms with E-state index in [9.17, 15) is 4.79 Å². The fourth-order valence-electron chi connectivity index (χ4n) is 2.84. The number of carbonyl (C=O) groups excluding carboxylic acids is 1. The number of pyridine rings is 1. The minimum Gasteiger partial charge on any atom is -0.338 e. The summed E-state index contributed by atoms with van der Waals surface area (Å²) in [6.45, 7) is 4.12. The van der Waals surface area contributed by atoms with Gasteiger partial charge < -0.3 is 4.90 Å². The number of thiol groups is 1. The zero-order valence-electron chi connectivity index (χ0n) is 14.7. The van der Waals surface area contributed by atoms with Crippen molar-refractivity contribution < 1.29 is 4.79 Å². The maximum absolute atomic E-state index is 12.9. The fourth-order valence-corrected chi connectivity index (χ4v) is 3.11.